The predicted octanol–water partition coefficient (Wildman–Crippen LogP) is 6.10. The molecule has 2 rings (SSSR count). The van der Waals surface area contributed by atoms with Crippen molar-refractivity contribution >= 4 is 21.8 Å². The molecule has 0 aliphatic carbocycles. The van der Waals surface area contributed by atoms with E-state index in [1.807, 2.05) is 0 Å². The van der Waals surface area contributed by atoms with Gasteiger partial charge < -0.3 is 24.6 Å². The Morgan fingerprint density at radius 3 is 2.07 bits per heavy atom. The van der Waals surface area contributed by atoms with Crippen LogP contribution in [0.2, 0.25) is 0 Å². The van der Waals surface area contributed by atoms with Gasteiger partial charge in [0.15, 0.2) is 0 Å². The molecule has 258 valence electrons. The van der Waals surface area contributed by atoms with E-state index < -0.39 is 98.5 Å². The summed E-state index contributed by atoms with van der Waals surface area (Å²) >= 11 is 0. The van der Waals surface area contributed by atoms with Gasteiger partial charge in [0, 0.05) is 27.7 Å². The Morgan fingerprint density at radius 2 is 1.57 bits per heavy atom. The van der Waals surface area contributed by atoms with Crippen LogP contribution >= 0.6 is 0 Å². The summed E-state index contributed by atoms with van der Waals surface area (Å²) in [5.41, 5.74) is -7.77. The molecule has 1 heterocycles. The molecule has 3 N–H and O–H groups in total. The van der Waals surface area contributed by atoms with Gasteiger partial charge in [0.05, 0.1) is 23.7 Å². The van der Waals surface area contributed by atoms with Crippen LogP contribution in [0.15, 0.2) is 36.7 Å². The minimum Gasteiger partial charge on any atom is -0.458 e. The standard InChI is InChI=1S/C28H36F6N4O7S/c1-24(2,3)44-22(39)19(38-23(40)45-25(4,5)6)10-12-46(35,42)13-11-26(41,28(32,33)34)20-15-37-21(16-36-20)43-18-9-7-8-17(14-18)27(29,30)31/h7-9,14-16,19,35,41H,10-13H2,1-6H3,(H,38,40)/t19-,26?,46?/m0/s1. The van der Waals surface area contributed by atoms with Gasteiger partial charge in [-0.25, -0.2) is 18.8 Å². The Kier molecular flexibility index (Phi) is 11.7. The van der Waals surface area contributed by atoms with E-state index in [0.29, 0.717) is 18.5 Å². The third-order valence-corrected chi connectivity index (χ3v) is 7.58. The van der Waals surface area contributed by atoms with Gasteiger partial charge in [-0.1, -0.05) is 6.07 Å². The summed E-state index contributed by atoms with van der Waals surface area (Å²) in [4.78, 5) is 32.1. The number of carbonyl (C=O) groups is 2. The van der Waals surface area contributed by atoms with Crippen molar-refractivity contribution < 1.29 is 59.5 Å². The highest BCUT2D eigenvalue weighted by Crippen LogP contribution is 2.41. The number of ether oxygens (including phenoxy) is 3. The smallest absolute Gasteiger partial charge is 0.423 e. The first kappa shape index (κ1) is 38.5. The number of alkyl halides is 6. The lowest BCUT2D eigenvalue weighted by Crippen LogP contribution is -2.47. The van der Waals surface area contributed by atoms with Gasteiger partial charge in [-0.3, -0.25) is 9.76 Å². The minimum atomic E-state index is -5.39. The quantitative estimate of drug-likeness (QED) is 0.187. The fourth-order valence-electron chi connectivity index (χ4n) is 3.65. The van der Waals surface area contributed by atoms with E-state index in [9.17, 15) is 45.2 Å². The molecule has 2 aromatic rings. The van der Waals surface area contributed by atoms with Crippen LogP contribution in [0, 0.1) is 4.78 Å². The first-order valence-corrected chi connectivity index (χ1v) is 15.5. The predicted molar refractivity (Wildman–Crippen MR) is 152 cm³/mol. The van der Waals surface area contributed by atoms with Crippen LogP contribution in [0.25, 0.3) is 0 Å². The first-order chi connectivity index (χ1) is 20.7. The van der Waals surface area contributed by atoms with Crippen LogP contribution in [0.1, 0.15) is 65.6 Å². The number of amides is 1. The number of hydrogen-bond acceptors (Lipinski definition) is 10. The maximum absolute atomic E-state index is 14.1. The summed E-state index contributed by atoms with van der Waals surface area (Å²) in [5.74, 6) is -3.45. The van der Waals surface area contributed by atoms with Gasteiger partial charge in [-0.2, -0.15) is 26.3 Å². The van der Waals surface area contributed by atoms with Crippen LogP contribution < -0.4 is 10.1 Å². The largest absolute Gasteiger partial charge is 0.458 e. The van der Waals surface area contributed by atoms with E-state index in [1.165, 1.54) is 0 Å². The van der Waals surface area contributed by atoms with Crippen molar-refractivity contribution in [1.82, 2.24) is 15.3 Å². The van der Waals surface area contributed by atoms with Crippen molar-refractivity contribution in [2.24, 2.45) is 0 Å². The summed E-state index contributed by atoms with van der Waals surface area (Å²) in [6.45, 7) is 9.34. The van der Waals surface area contributed by atoms with Crippen LogP contribution in [0.3, 0.4) is 0 Å². The summed E-state index contributed by atoms with van der Waals surface area (Å²) < 4.78 is 118. The summed E-state index contributed by atoms with van der Waals surface area (Å²) in [6.07, 6.45) is -11.7. The summed E-state index contributed by atoms with van der Waals surface area (Å²) in [5, 5.41) is 12.9. The number of aliphatic hydroxyl groups is 1. The summed E-state index contributed by atoms with van der Waals surface area (Å²) in [6, 6.07) is 2.16. The van der Waals surface area contributed by atoms with Gasteiger partial charge >= 0.3 is 24.4 Å². The minimum absolute atomic E-state index is 0.331. The average Bonchev–Trinajstić information content (AvgIpc) is 2.87. The van der Waals surface area contributed by atoms with Gasteiger partial charge in [0.25, 0.3) is 0 Å². The zero-order chi connectivity index (χ0) is 35.4. The molecule has 0 radical (unpaired) electrons. The third kappa shape index (κ3) is 11.9. The number of halogens is 6. The van der Waals surface area contributed by atoms with Crippen LogP contribution in [-0.4, -0.2) is 66.3 Å². The maximum Gasteiger partial charge on any atom is 0.423 e. The summed E-state index contributed by atoms with van der Waals surface area (Å²) in [7, 11) is -3.92. The number of carbonyl (C=O) groups excluding carboxylic acids is 2. The number of benzene rings is 1. The van der Waals surface area contributed by atoms with Crippen molar-refractivity contribution in [2.45, 2.75) is 89.6 Å². The Bertz CT molecular complexity index is 1470. The van der Waals surface area contributed by atoms with Crippen molar-refractivity contribution in [3.63, 3.8) is 0 Å². The Balaban J connectivity index is 2.20. The number of rotatable bonds is 11. The van der Waals surface area contributed by atoms with Crippen molar-refractivity contribution in [3.8, 4) is 11.6 Å². The molecular formula is C28H36F6N4O7S. The second kappa shape index (κ2) is 14.0. The van der Waals surface area contributed by atoms with E-state index in [1.54, 1.807) is 41.5 Å². The second-order valence-corrected chi connectivity index (χ2v) is 14.7. The maximum atomic E-state index is 14.1. The molecule has 11 nitrogen and oxygen atoms in total. The van der Waals surface area contributed by atoms with E-state index in [4.69, 9.17) is 19.0 Å². The molecule has 1 aromatic heterocycles. The average molecular weight is 687 g/mol. The van der Waals surface area contributed by atoms with Gasteiger partial charge in [-0.05, 0) is 66.2 Å². The molecular weight excluding hydrogens is 650 g/mol. The number of nitrogens with zero attached hydrogens (tertiary/aromatic N) is 2. The normalized spacial score (nSPS) is 16.0. The lowest BCUT2D eigenvalue weighted by molar-refractivity contribution is -0.269. The van der Waals surface area contributed by atoms with Gasteiger partial charge in [-0.15, -0.1) is 0 Å². The molecule has 0 aliphatic rings. The lowest BCUT2D eigenvalue weighted by Gasteiger charge is -2.30. The Morgan fingerprint density at radius 1 is 0.957 bits per heavy atom. The first-order valence-electron chi connectivity index (χ1n) is 13.6. The van der Waals surface area contributed by atoms with Crippen molar-refractivity contribution in [1.29, 1.82) is 4.78 Å². The highest BCUT2D eigenvalue weighted by atomic mass is 32.2. The van der Waals surface area contributed by atoms with Crippen molar-refractivity contribution in [3.05, 3.63) is 47.9 Å². The fourth-order valence-corrected chi connectivity index (χ4v) is 5.09. The molecule has 2 unspecified atom stereocenters. The number of aromatic nitrogens is 2. The second-order valence-electron chi connectivity index (χ2n) is 12.2. The lowest BCUT2D eigenvalue weighted by atomic mass is 9.96. The van der Waals surface area contributed by atoms with Crippen molar-refractivity contribution in [2.75, 3.05) is 11.5 Å². The molecule has 46 heavy (non-hydrogen) atoms. The van der Waals surface area contributed by atoms with Crippen LogP contribution in [0.5, 0.6) is 11.6 Å². The Labute approximate surface area is 262 Å². The molecule has 0 bridgehead atoms. The molecule has 3 atom stereocenters. The zero-order valence-corrected chi connectivity index (χ0v) is 26.7. The number of alkyl carbamates (subject to hydrolysis) is 1. The van der Waals surface area contributed by atoms with E-state index in [0.717, 1.165) is 18.2 Å². The van der Waals surface area contributed by atoms with E-state index in [-0.39, 0.29) is 5.75 Å². The number of nitrogens with one attached hydrogen (secondary N) is 2. The molecule has 0 spiro atoms. The number of hydrogen-bond donors (Lipinski definition) is 3. The zero-order valence-electron chi connectivity index (χ0n) is 25.8. The molecule has 18 heteroatoms. The molecule has 1 aromatic carbocycles. The van der Waals surface area contributed by atoms with Gasteiger partial charge in [0.2, 0.25) is 11.5 Å². The molecule has 0 aliphatic heterocycles. The van der Waals surface area contributed by atoms with Gasteiger partial charge in [0.1, 0.15) is 23.0 Å². The van der Waals surface area contributed by atoms with Crippen LogP contribution in [0.4, 0.5) is 31.1 Å². The molecule has 1 amide bonds. The molecule has 0 saturated heterocycles. The molecule has 0 saturated carbocycles. The van der Waals surface area contributed by atoms with Crippen LogP contribution in [-0.2, 0) is 35.8 Å². The monoisotopic (exact) mass is 686 g/mol. The molecule has 0 fully saturated rings. The third-order valence-electron chi connectivity index (χ3n) is 5.82. The Hall–Kier alpha value is -3.67. The highest BCUT2D eigenvalue weighted by molar-refractivity contribution is 7.92. The highest BCUT2D eigenvalue weighted by Gasteiger charge is 2.56. The SMILES string of the molecule is CC(C)(C)OC(=O)N[C@@H](CCS(=N)(=O)CCC(O)(c1cnc(Oc2cccc(C(F)(F)F)c2)cn1)C(F)(F)F)C(=O)OC(C)(C)C. The van der Waals surface area contributed by atoms with E-state index >= 15 is 0 Å². The topological polar surface area (TPSA) is 161 Å². The number of esters is 1. The fraction of sp³-hybridized carbons (Fsp3) is 0.571. The van der Waals surface area contributed by atoms with E-state index in [2.05, 4.69) is 15.3 Å².